The molecule has 1 unspecified atom stereocenters. The first-order chi connectivity index (χ1) is 8.79. The SMILES string of the molecule is CCN1CCCC1Cc1nnc2c(C)cccn12. The van der Waals surface area contributed by atoms with E-state index in [4.69, 9.17) is 0 Å². The molecule has 3 heterocycles. The van der Waals surface area contributed by atoms with Gasteiger partial charge in [0.1, 0.15) is 5.82 Å². The zero-order chi connectivity index (χ0) is 12.5. The van der Waals surface area contributed by atoms with Crippen molar-refractivity contribution in [3.63, 3.8) is 0 Å². The smallest absolute Gasteiger partial charge is 0.163 e. The van der Waals surface area contributed by atoms with E-state index in [1.54, 1.807) is 0 Å². The van der Waals surface area contributed by atoms with Crippen molar-refractivity contribution < 1.29 is 0 Å². The van der Waals surface area contributed by atoms with Crippen LogP contribution in [0.25, 0.3) is 5.65 Å². The van der Waals surface area contributed by atoms with Crippen LogP contribution in [0.15, 0.2) is 18.3 Å². The van der Waals surface area contributed by atoms with Gasteiger partial charge in [0.2, 0.25) is 0 Å². The third-order valence-corrected chi connectivity index (χ3v) is 4.02. The average Bonchev–Trinajstić information content (AvgIpc) is 2.98. The van der Waals surface area contributed by atoms with Crippen LogP contribution < -0.4 is 0 Å². The van der Waals surface area contributed by atoms with Crippen molar-refractivity contribution in [1.29, 1.82) is 0 Å². The van der Waals surface area contributed by atoms with Crippen LogP contribution in [-0.4, -0.2) is 38.6 Å². The number of fused-ring (bicyclic) bond motifs is 1. The monoisotopic (exact) mass is 244 g/mol. The van der Waals surface area contributed by atoms with Gasteiger partial charge in [0.15, 0.2) is 5.65 Å². The van der Waals surface area contributed by atoms with Crippen LogP contribution in [0.4, 0.5) is 0 Å². The molecule has 0 radical (unpaired) electrons. The predicted octanol–water partition coefficient (Wildman–Crippen LogP) is 2.06. The first kappa shape index (κ1) is 11.7. The van der Waals surface area contributed by atoms with Crippen molar-refractivity contribution in [2.24, 2.45) is 0 Å². The number of aryl methyl sites for hydroxylation is 1. The minimum Gasteiger partial charge on any atom is -0.300 e. The molecule has 4 nitrogen and oxygen atoms in total. The molecule has 0 saturated carbocycles. The highest BCUT2D eigenvalue weighted by molar-refractivity contribution is 5.46. The van der Waals surface area contributed by atoms with Crippen LogP contribution in [-0.2, 0) is 6.42 Å². The lowest BCUT2D eigenvalue weighted by atomic mass is 10.1. The summed E-state index contributed by atoms with van der Waals surface area (Å²) in [7, 11) is 0. The van der Waals surface area contributed by atoms with Gasteiger partial charge < -0.3 is 4.90 Å². The van der Waals surface area contributed by atoms with Gasteiger partial charge in [0.25, 0.3) is 0 Å². The van der Waals surface area contributed by atoms with E-state index in [1.165, 1.54) is 24.9 Å². The largest absolute Gasteiger partial charge is 0.300 e. The Labute approximate surface area is 108 Å². The van der Waals surface area contributed by atoms with Gasteiger partial charge >= 0.3 is 0 Å². The Balaban J connectivity index is 1.89. The molecule has 0 amide bonds. The highest BCUT2D eigenvalue weighted by Crippen LogP contribution is 2.20. The molecule has 2 aromatic heterocycles. The van der Waals surface area contributed by atoms with Gasteiger partial charge in [-0.05, 0) is 44.5 Å². The molecule has 18 heavy (non-hydrogen) atoms. The van der Waals surface area contributed by atoms with Gasteiger partial charge in [-0.3, -0.25) is 4.40 Å². The summed E-state index contributed by atoms with van der Waals surface area (Å²) in [6.45, 7) is 6.70. The Morgan fingerprint density at radius 3 is 3.11 bits per heavy atom. The Bertz CT molecular complexity index is 546. The molecule has 0 aromatic carbocycles. The molecule has 1 saturated heterocycles. The lowest BCUT2D eigenvalue weighted by Crippen LogP contribution is -2.31. The van der Waals surface area contributed by atoms with E-state index in [9.17, 15) is 0 Å². The van der Waals surface area contributed by atoms with Crippen molar-refractivity contribution in [3.8, 4) is 0 Å². The topological polar surface area (TPSA) is 33.4 Å². The normalized spacial score (nSPS) is 20.9. The molecule has 1 atom stereocenters. The Hall–Kier alpha value is -1.42. The maximum atomic E-state index is 4.37. The van der Waals surface area contributed by atoms with Crippen LogP contribution >= 0.6 is 0 Å². The molecule has 3 rings (SSSR count). The number of pyridine rings is 1. The van der Waals surface area contributed by atoms with E-state index in [2.05, 4.69) is 51.7 Å². The lowest BCUT2D eigenvalue weighted by molar-refractivity contribution is 0.263. The highest BCUT2D eigenvalue weighted by atomic mass is 15.3. The zero-order valence-corrected chi connectivity index (χ0v) is 11.1. The molecule has 0 spiro atoms. The summed E-state index contributed by atoms with van der Waals surface area (Å²) in [5, 5.41) is 8.68. The zero-order valence-electron chi connectivity index (χ0n) is 11.1. The molecule has 0 bridgehead atoms. The van der Waals surface area contributed by atoms with Gasteiger partial charge in [0.05, 0.1) is 0 Å². The maximum Gasteiger partial charge on any atom is 0.163 e. The van der Waals surface area contributed by atoms with Gasteiger partial charge in [-0.2, -0.15) is 0 Å². The molecule has 4 heteroatoms. The van der Waals surface area contributed by atoms with Gasteiger partial charge in [-0.25, -0.2) is 0 Å². The highest BCUT2D eigenvalue weighted by Gasteiger charge is 2.24. The van der Waals surface area contributed by atoms with Gasteiger partial charge in [-0.1, -0.05) is 13.0 Å². The maximum absolute atomic E-state index is 4.37. The van der Waals surface area contributed by atoms with Gasteiger partial charge in [-0.15, -0.1) is 10.2 Å². The van der Waals surface area contributed by atoms with Crippen LogP contribution in [0, 0.1) is 6.92 Å². The number of nitrogens with zero attached hydrogens (tertiary/aromatic N) is 4. The summed E-state index contributed by atoms with van der Waals surface area (Å²) in [6.07, 6.45) is 5.68. The average molecular weight is 244 g/mol. The summed E-state index contributed by atoms with van der Waals surface area (Å²) >= 11 is 0. The third-order valence-electron chi connectivity index (χ3n) is 4.02. The number of aromatic nitrogens is 3. The standard InChI is InChI=1S/C14H20N4/c1-3-17-8-5-7-12(17)10-13-15-16-14-11(2)6-4-9-18(13)14/h4,6,9,12H,3,5,7-8,10H2,1-2H3. The minimum absolute atomic E-state index is 0.642. The fourth-order valence-corrected chi connectivity index (χ4v) is 2.99. The van der Waals surface area contributed by atoms with Crippen molar-refractivity contribution in [3.05, 3.63) is 29.7 Å². The van der Waals surface area contributed by atoms with Crippen molar-refractivity contribution in [1.82, 2.24) is 19.5 Å². The Morgan fingerprint density at radius 1 is 1.39 bits per heavy atom. The first-order valence-corrected chi connectivity index (χ1v) is 6.83. The molecule has 0 aliphatic carbocycles. The third kappa shape index (κ3) is 1.90. The number of rotatable bonds is 3. The fourth-order valence-electron chi connectivity index (χ4n) is 2.99. The molecule has 1 aliphatic heterocycles. The second-order valence-corrected chi connectivity index (χ2v) is 5.13. The molecule has 96 valence electrons. The van der Waals surface area contributed by atoms with E-state index < -0.39 is 0 Å². The molecule has 0 N–H and O–H groups in total. The summed E-state index contributed by atoms with van der Waals surface area (Å²) in [5.74, 6) is 1.10. The summed E-state index contributed by atoms with van der Waals surface area (Å²) < 4.78 is 2.14. The molecule has 2 aromatic rings. The minimum atomic E-state index is 0.642. The lowest BCUT2D eigenvalue weighted by Gasteiger charge is -2.21. The van der Waals surface area contributed by atoms with E-state index in [1.807, 2.05) is 0 Å². The molecular formula is C14H20N4. The van der Waals surface area contributed by atoms with E-state index in [0.717, 1.165) is 24.4 Å². The number of likely N-dealkylation sites (tertiary alicyclic amines) is 1. The van der Waals surface area contributed by atoms with Crippen LogP contribution in [0.2, 0.25) is 0 Å². The van der Waals surface area contributed by atoms with Crippen LogP contribution in [0.3, 0.4) is 0 Å². The van der Waals surface area contributed by atoms with Crippen LogP contribution in [0.5, 0.6) is 0 Å². The summed E-state index contributed by atoms with van der Waals surface area (Å²) in [5.41, 5.74) is 2.18. The van der Waals surface area contributed by atoms with Crippen molar-refractivity contribution in [2.75, 3.05) is 13.1 Å². The van der Waals surface area contributed by atoms with E-state index >= 15 is 0 Å². The number of hydrogen-bond acceptors (Lipinski definition) is 3. The molecular weight excluding hydrogens is 224 g/mol. The first-order valence-electron chi connectivity index (χ1n) is 6.83. The quantitative estimate of drug-likeness (QED) is 0.828. The molecule has 1 fully saturated rings. The van der Waals surface area contributed by atoms with Gasteiger partial charge in [0, 0.05) is 18.7 Å². The molecule has 1 aliphatic rings. The Morgan fingerprint density at radius 2 is 2.28 bits per heavy atom. The summed E-state index contributed by atoms with van der Waals surface area (Å²) in [6, 6.07) is 4.80. The van der Waals surface area contributed by atoms with E-state index in [-0.39, 0.29) is 0 Å². The van der Waals surface area contributed by atoms with Crippen molar-refractivity contribution >= 4 is 5.65 Å². The Kier molecular flexibility index (Phi) is 3.04. The second-order valence-electron chi connectivity index (χ2n) is 5.13. The predicted molar refractivity (Wildman–Crippen MR) is 71.7 cm³/mol. The second kappa shape index (κ2) is 4.69. The van der Waals surface area contributed by atoms with Crippen LogP contribution in [0.1, 0.15) is 31.2 Å². The number of hydrogen-bond donors (Lipinski definition) is 0. The van der Waals surface area contributed by atoms with E-state index in [0.29, 0.717) is 6.04 Å². The number of likely N-dealkylation sites (N-methyl/N-ethyl adjacent to an activating group) is 1. The van der Waals surface area contributed by atoms with Crippen molar-refractivity contribution in [2.45, 2.75) is 39.2 Å². The summed E-state index contributed by atoms with van der Waals surface area (Å²) in [4.78, 5) is 2.55. The fraction of sp³-hybridized carbons (Fsp3) is 0.571.